The minimum Gasteiger partial charge on any atom is -0.222 e. The van der Waals surface area contributed by atoms with Crippen molar-refractivity contribution in [1.82, 2.24) is 4.89 Å². The first-order valence-corrected chi connectivity index (χ1v) is 5.06. The maximum Gasteiger partial charge on any atom is 0.0297 e. The van der Waals surface area contributed by atoms with Crippen LogP contribution < -0.4 is 4.89 Å². The standard InChI is InChI=1S/C7H9NOS/c1-10(8-9-10)7-5-3-2-4-6-7/h2-6,8H,1H3. The number of rotatable bonds is 1. The Bertz CT molecular complexity index is 233. The van der Waals surface area contributed by atoms with Crippen molar-refractivity contribution in [1.29, 1.82) is 0 Å². The fourth-order valence-electron chi connectivity index (χ4n) is 0.827. The maximum atomic E-state index is 5.12. The van der Waals surface area contributed by atoms with Crippen LogP contribution in [0.1, 0.15) is 0 Å². The van der Waals surface area contributed by atoms with E-state index < -0.39 is 10.5 Å². The summed E-state index contributed by atoms with van der Waals surface area (Å²) in [5.41, 5.74) is 0. The molecular weight excluding hydrogens is 146 g/mol. The van der Waals surface area contributed by atoms with Crippen molar-refractivity contribution in [3.05, 3.63) is 30.3 Å². The zero-order valence-corrected chi connectivity index (χ0v) is 6.52. The van der Waals surface area contributed by atoms with E-state index in [0.717, 1.165) is 0 Å². The lowest BCUT2D eigenvalue weighted by molar-refractivity contribution is 0.468. The quantitative estimate of drug-likeness (QED) is 0.628. The molecule has 1 N–H and O–H groups in total. The van der Waals surface area contributed by atoms with Gasteiger partial charge in [-0.15, -0.1) is 4.89 Å². The molecule has 1 atom stereocenters. The highest BCUT2D eigenvalue weighted by atomic mass is 32.3. The minimum atomic E-state index is -1.00. The summed E-state index contributed by atoms with van der Waals surface area (Å²) in [4.78, 5) is 4.17. The van der Waals surface area contributed by atoms with Crippen molar-refractivity contribution in [2.24, 2.45) is 0 Å². The van der Waals surface area contributed by atoms with Crippen molar-refractivity contribution in [2.75, 3.05) is 6.26 Å². The Morgan fingerprint density at radius 1 is 1.30 bits per heavy atom. The predicted molar refractivity (Wildman–Crippen MR) is 42.4 cm³/mol. The summed E-state index contributed by atoms with van der Waals surface area (Å²) in [7, 11) is -1.00. The molecule has 0 bridgehead atoms. The minimum absolute atomic E-state index is 1.00. The van der Waals surface area contributed by atoms with Gasteiger partial charge in [-0.25, -0.2) is 4.28 Å². The van der Waals surface area contributed by atoms with Gasteiger partial charge in [-0.05, 0) is 22.6 Å². The lowest BCUT2D eigenvalue weighted by Gasteiger charge is -2.04. The van der Waals surface area contributed by atoms with Crippen molar-refractivity contribution in [2.45, 2.75) is 4.90 Å². The van der Waals surface area contributed by atoms with Crippen LogP contribution in [0.5, 0.6) is 0 Å². The average Bonchev–Trinajstić information content (AvgIpc) is 2.72. The van der Waals surface area contributed by atoms with Gasteiger partial charge in [0.1, 0.15) is 0 Å². The first-order chi connectivity index (χ1) is 4.81. The summed E-state index contributed by atoms with van der Waals surface area (Å²) in [6.07, 6.45) is 2.09. The topological polar surface area (TPSA) is 34.5 Å². The van der Waals surface area contributed by atoms with E-state index in [1.807, 2.05) is 18.2 Å². The summed E-state index contributed by atoms with van der Waals surface area (Å²) in [5, 5.41) is 0. The monoisotopic (exact) mass is 155 g/mol. The second-order valence-corrected chi connectivity index (χ2v) is 4.82. The molecule has 0 aromatic heterocycles. The van der Waals surface area contributed by atoms with Crippen LogP contribution in [-0.2, 0) is 4.28 Å². The number of hydrogen-bond donors (Lipinski definition) is 1. The van der Waals surface area contributed by atoms with E-state index in [1.165, 1.54) is 4.90 Å². The molecule has 1 aliphatic heterocycles. The third-order valence-electron chi connectivity index (χ3n) is 1.53. The Morgan fingerprint density at radius 2 is 1.90 bits per heavy atom. The Labute approximate surface area is 61.8 Å². The third kappa shape index (κ3) is 0.923. The Kier molecular flexibility index (Phi) is 1.23. The van der Waals surface area contributed by atoms with E-state index in [9.17, 15) is 0 Å². The van der Waals surface area contributed by atoms with Gasteiger partial charge >= 0.3 is 0 Å². The molecule has 0 unspecified atom stereocenters. The van der Waals surface area contributed by atoms with Crippen LogP contribution in [0.2, 0.25) is 0 Å². The Morgan fingerprint density at radius 3 is 2.40 bits per heavy atom. The second kappa shape index (κ2) is 1.99. The molecule has 2 rings (SSSR count). The molecule has 1 aromatic carbocycles. The summed E-state index contributed by atoms with van der Waals surface area (Å²) < 4.78 is 5.12. The van der Waals surface area contributed by atoms with Gasteiger partial charge in [0, 0.05) is 11.2 Å². The van der Waals surface area contributed by atoms with E-state index in [2.05, 4.69) is 23.3 Å². The fraction of sp³-hybridized carbons (Fsp3) is 0.143. The molecule has 0 aliphatic carbocycles. The molecule has 54 valence electrons. The predicted octanol–water partition coefficient (Wildman–Crippen LogP) is 1.84. The molecule has 0 spiro atoms. The van der Waals surface area contributed by atoms with Crippen LogP contribution in [-0.4, -0.2) is 6.26 Å². The summed E-state index contributed by atoms with van der Waals surface area (Å²) in [5.74, 6) is 0. The molecule has 1 fully saturated rings. The lowest BCUT2D eigenvalue weighted by atomic mass is 10.4. The van der Waals surface area contributed by atoms with Crippen LogP contribution in [0.3, 0.4) is 0 Å². The molecule has 0 radical (unpaired) electrons. The Hall–Kier alpha value is -0.510. The molecule has 10 heavy (non-hydrogen) atoms. The first kappa shape index (κ1) is 6.22. The van der Waals surface area contributed by atoms with Gasteiger partial charge in [-0.1, -0.05) is 18.2 Å². The zero-order valence-electron chi connectivity index (χ0n) is 5.70. The van der Waals surface area contributed by atoms with Crippen LogP contribution in [0.15, 0.2) is 35.2 Å². The molecule has 1 saturated heterocycles. The van der Waals surface area contributed by atoms with Gasteiger partial charge in [0.25, 0.3) is 0 Å². The molecule has 0 saturated carbocycles. The molecule has 0 amide bonds. The first-order valence-electron chi connectivity index (χ1n) is 3.10. The summed E-state index contributed by atoms with van der Waals surface area (Å²) in [6, 6.07) is 10.2. The van der Waals surface area contributed by atoms with Gasteiger partial charge in [-0.3, -0.25) is 0 Å². The van der Waals surface area contributed by atoms with E-state index in [4.69, 9.17) is 4.28 Å². The highest BCUT2D eigenvalue weighted by Crippen LogP contribution is 2.60. The smallest absolute Gasteiger partial charge is 0.0297 e. The van der Waals surface area contributed by atoms with Crippen molar-refractivity contribution in [3.63, 3.8) is 0 Å². The normalized spacial score (nSPS) is 30.1. The van der Waals surface area contributed by atoms with Crippen LogP contribution >= 0.6 is 10.5 Å². The van der Waals surface area contributed by atoms with Gasteiger partial charge in [0.15, 0.2) is 0 Å². The number of benzene rings is 1. The second-order valence-electron chi connectivity index (χ2n) is 2.32. The van der Waals surface area contributed by atoms with E-state index in [0.29, 0.717) is 0 Å². The van der Waals surface area contributed by atoms with Gasteiger partial charge in [0.05, 0.1) is 0 Å². The summed E-state index contributed by atoms with van der Waals surface area (Å²) in [6.45, 7) is 0. The molecule has 1 aliphatic rings. The number of nitrogens with one attached hydrogen (secondary N) is 1. The van der Waals surface area contributed by atoms with Crippen molar-refractivity contribution >= 4 is 10.5 Å². The SMILES string of the molecule is C[S@]1(c2ccccc2)NO1. The van der Waals surface area contributed by atoms with Gasteiger partial charge in [-0.2, -0.15) is 0 Å². The Balaban J connectivity index is 2.35. The molecule has 2 nitrogen and oxygen atoms in total. The largest absolute Gasteiger partial charge is 0.222 e. The van der Waals surface area contributed by atoms with E-state index in [-0.39, 0.29) is 0 Å². The molecule has 3 heteroatoms. The highest BCUT2D eigenvalue weighted by Gasteiger charge is 2.35. The molecule has 1 heterocycles. The van der Waals surface area contributed by atoms with Crippen LogP contribution in [0.25, 0.3) is 0 Å². The maximum absolute atomic E-state index is 5.12. The van der Waals surface area contributed by atoms with E-state index >= 15 is 0 Å². The summed E-state index contributed by atoms with van der Waals surface area (Å²) >= 11 is 0. The van der Waals surface area contributed by atoms with Crippen molar-refractivity contribution in [3.8, 4) is 0 Å². The highest BCUT2D eigenvalue weighted by molar-refractivity contribution is 8.31. The van der Waals surface area contributed by atoms with Gasteiger partial charge < -0.3 is 0 Å². The van der Waals surface area contributed by atoms with E-state index in [1.54, 1.807) is 0 Å². The average molecular weight is 155 g/mol. The molecule has 1 aromatic rings. The van der Waals surface area contributed by atoms with Crippen LogP contribution in [0, 0.1) is 0 Å². The zero-order chi connectivity index (χ0) is 7.03. The van der Waals surface area contributed by atoms with Crippen molar-refractivity contribution < 1.29 is 4.28 Å². The number of hydrogen-bond acceptors (Lipinski definition) is 2. The van der Waals surface area contributed by atoms with Gasteiger partial charge in [0.2, 0.25) is 0 Å². The lowest BCUT2D eigenvalue weighted by Crippen LogP contribution is -1.81. The van der Waals surface area contributed by atoms with Crippen LogP contribution in [0.4, 0.5) is 0 Å². The molecular formula is C7H9NOS. The fourth-order valence-corrected chi connectivity index (χ4v) is 2.10. The third-order valence-corrected chi connectivity index (χ3v) is 3.36.